The summed E-state index contributed by atoms with van der Waals surface area (Å²) >= 11 is 1.25. The Balaban J connectivity index is -0.000000558. The molecule has 0 aliphatic rings. The highest BCUT2D eigenvalue weighted by atomic mass is 32.2. The molecule has 2 rings (SSSR count). The monoisotopic (exact) mass is 718 g/mol. The highest BCUT2D eigenvalue weighted by Gasteiger charge is 2.29. The van der Waals surface area contributed by atoms with Gasteiger partial charge in [0.2, 0.25) is 5.12 Å². The Morgan fingerprint density at radius 1 is 0.740 bits per heavy atom. The maximum atomic E-state index is 11.9. The summed E-state index contributed by atoms with van der Waals surface area (Å²) in [5.74, 6) is 1.98. The van der Waals surface area contributed by atoms with Gasteiger partial charge in [-0.15, -0.1) is 0 Å². The maximum Gasteiger partial charge on any atom is 0.416 e. The van der Waals surface area contributed by atoms with Gasteiger partial charge >= 0.3 is 6.18 Å². The maximum absolute atomic E-state index is 11.9. The number of ketones is 1. The summed E-state index contributed by atoms with van der Waals surface area (Å²) in [6, 6.07) is 12.8. The van der Waals surface area contributed by atoms with Crippen LogP contribution in [0.25, 0.3) is 0 Å². The summed E-state index contributed by atoms with van der Waals surface area (Å²) in [6.45, 7) is 26.6. The Morgan fingerprint density at radius 3 is 1.44 bits per heavy atom. The lowest BCUT2D eigenvalue weighted by Crippen LogP contribution is -2.03. The topological polar surface area (TPSA) is 34.1 Å². The first-order valence-corrected chi connectivity index (χ1v) is 19.5. The molecule has 0 bridgehead atoms. The zero-order chi connectivity index (χ0) is 39.1. The number of carbonyl (C=O) groups is 2. The van der Waals surface area contributed by atoms with Crippen molar-refractivity contribution in [3.8, 4) is 0 Å². The van der Waals surface area contributed by atoms with E-state index in [4.69, 9.17) is 0 Å². The SMILES string of the molecule is C=C/C(=C\C=C(C)C)C(C)=O.CCCC(C)CCC.CCCC(C)CCC.CCc1ccc(C(=O)SC)cc1.Cc1ccc(C(F)(F)F)cc1. The summed E-state index contributed by atoms with van der Waals surface area (Å²) < 4.78 is 35.8. The molecule has 50 heavy (non-hydrogen) atoms. The van der Waals surface area contributed by atoms with Gasteiger partial charge in [-0.3, -0.25) is 9.59 Å². The van der Waals surface area contributed by atoms with Crippen LogP contribution in [0.15, 0.2) is 84.5 Å². The Kier molecular flexibility index (Phi) is 33.0. The molecule has 0 aliphatic carbocycles. The molecule has 0 unspecified atom stereocenters. The molecule has 2 nitrogen and oxygen atoms in total. The van der Waals surface area contributed by atoms with Crippen molar-refractivity contribution in [2.24, 2.45) is 11.8 Å². The number of allylic oxidation sites excluding steroid dienone is 5. The number of carbonyl (C=O) groups excluding carboxylic acids is 2. The van der Waals surface area contributed by atoms with Crippen LogP contribution in [0.3, 0.4) is 0 Å². The molecule has 0 radical (unpaired) electrons. The second kappa shape index (κ2) is 32.1. The number of benzene rings is 2. The smallest absolute Gasteiger partial charge is 0.295 e. The third-order valence-corrected chi connectivity index (χ3v) is 8.12. The van der Waals surface area contributed by atoms with Gasteiger partial charge in [0.25, 0.3) is 0 Å². The van der Waals surface area contributed by atoms with Gasteiger partial charge in [-0.2, -0.15) is 13.2 Å². The molecule has 2 aromatic carbocycles. The molecule has 0 atom stereocenters. The number of Topliss-reactive ketones (excluding diaryl/α,β-unsaturated/α-hetero) is 1. The summed E-state index contributed by atoms with van der Waals surface area (Å²) in [5.41, 5.74) is 4.13. The van der Waals surface area contributed by atoms with Gasteiger partial charge in [-0.25, -0.2) is 0 Å². The van der Waals surface area contributed by atoms with Gasteiger partial charge in [0.05, 0.1) is 5.56 Å². The van der Waals surface area contributed by atoms with Gasteiger partial charge in [-0.1, -0.05) is 184 Å². The van der Waals surface area contributed by atoms with E-state index in [2.05, 4.69) is 55.0 Å². The molecule has 0 heterocycles. The minimum Gasteiger partial charge on any atom is -0.295 e. The molecule has 0 fully saturated rings. The third-order valence-electron chi connectivity index (χ3n) is 7.51. The van der Waals surface area contributed by atoms with Gasteiger partial charge in [0.15, 0.2) is 5.78 Å². The quantitative estimate of drug-likeness (QED) is 0.153. The van der Waals surface area contributed by atoms with E-state index in [9.17, 15) is 22.8 Å². The lowest BCUT2D eigenvalue weighted by molar-refractivity contribution is -0.137. The minimum atomic E-state index is -4.21. The summed E-state index contributed by atoms with van der Waals surface area (Å²) in [6.07, 6.45) is 14.9. The number of halogens is 3. The zero-order valence-corrected chi connectivity index (χ0v) is 34.3. The second-order valence-corrected chi connectivity index (χ2v) is 13.7. The molecule has 0 saturated carbocycles. The van der Waals surface area contributed by atoms with Crippen molar-refractivity contribution < 1.29 is 22.8 Å². The zero-order valence-electron chi connectivity index (χ0n) is 33.4. The Morgan fingerprint density at radius 2 is 1.16 bits per heavy atom. The molecular formula is C44H69F3O2S. The Bertz CT molecular complexity index is 1180. The number of thioether (sulfide) groups is 1. The molecular weight excluding hydrogens is 650 g/mol. The van der Waals surface area contributed by atoms with Gasteiger partial charge in [-0.05, 0) is 69.9 Å². The minimum absolute atomic E-state index is 0.0532. The van der Waals surface area contributed by atoms with E-state index in [0.717, 1.165) is 41.5 Å². The van der Waals surface area contributed by atoms with E-state index in [0.29, 0.717) is 5.57 Å². The Labute approximate surface area is 309 Å². The number of aryl methyl sites for hydroxylation is 2. The number of hydrogen-bond donors (Lipinski definition) is 0. The molecule has 0 N–H and O–H groups in total. The van der Waals surface area contributed by atoms with Crippen LogP contribution >= 0.6 is 11.8 Å². The van der Waals surface area contributed by atoms with Crippen molar-refractivity contribution >= 4 is 22.7 Å². The third kappa shape index (κ3) is 30.0. The van der Waals surface area contributed by atoms with E-state index in [1.54, 1.807) is 25.3 Å². The van der Waals surface area contributed by atoms with Crippen LogP contribution in [0.5, 0.6) is 0 Å². The highest BCUT2D eigenvalue weighted by Crippen LogP contribution is 2.28. The number of alkyl halides is 3. The molecule has 0 saturated heterocycles. The van der Waals surface area contributed by atoms with E-state index in [-0.39, 0.29) is 10.9 Å². The van der Waals surface area contributed by atoms with Crippen LogP contribution in [0.4, 0.5) is 13.2 Å². The Hall–Kier alpha value is -2.86. The number of hydrogen-bond acceptors (Lipinski definition) is 3. The molecule has 0 amide bonds. The molecule has 0 spiro atoms. The van der Waals surface area contributed by atoms with Crippen LogP contribution in [-0.4, -0.2) is 17.2 Å². The van der Waals surface area contributed by atoms with Crippen molar-refractivity contribution in [3.63, 3.8) is 0 Å². The van der Waals surface area contributed by atoms with E-state index in [1.807, 2.05) is 44.2 Å². The van der Waals surface area contributed by atoms with Crippen LogP contribution in [0, 0.1) is 18.8 Å². The molecule has 284 valence electrons. The van der Waals surface area contributed by atoms with Crippen LogP contribution < -0.4 is 0 Å². The average Bonchev–Trinajstić information content (AvgIpc) is 3.06. The van der Waals surface area contributed by atoms with Gasteiger partial charge in [0, 0.05) is 11.1 Å². The lowest BCUT2D eigenvalue weighted by Gasteiger charge is -2.05. The van der Waals surface area contributed by atoms with Crippen LogP contribution in [0.2, 0.25) is 0 Å². The fraction of sp³-hybridized carbons (Fsp3) is 0.545. The van der Waals surface area contributed by atoms with Gasteiger partial charge in [0.1, 0.15) is 0 Å². The van der Waals surface area contributed by atoms with Crippen LogP contribution in [-0.2, 0) is 17.4 Å². The molecule has 0 aromatic heterocycles. The van der Waals surface area contributed by atoms with E-state index >= 15 is 0 Å². The standard InChI is InChI=1S/C10H12OS.C10H14O.C8H7F3.2C8H18/c1-3-8-4-6-9(7-5-8)10(11)12-2;1-5-10(9(4)11)7-6-8(2)3;1-6-2-4-7(5-3-6)8(9,10)11;2*1-4-6-8(3)7-5-2/h4-7H,3H2,1-2H3;5-7H,1H2,2-4H3;2-5H,1H3;2*8H,4-7H2,1-3H3/b;10-7+;;;. The largest absolute Gasteiger partial charge is 0.416 e. The first kappa shape index (κ1) is 51.5. The van der Waals surface area contributed by atoms with Crippen molar-refractivity contribution in [3.05, 3.63) is 107 Å². The lowest BCUT2D eigenvalue weighted by atomic mass is 10.0. The van der Waals surface area contributed by atoms with Crippen molar-refractivity contribution in [1.29, 1.82) is 0 Å². The van der Waals surface area contributed by atoms with E-state index in [1.165, 1.54) is 93.3 Å². The summed E-state index contributed by atoms with van der Waals surface area (Å²) in [4.78, 5) is 22.0. The fourth-order valence-electron chi connectivity index (χ4n) is 4.58. The van der Waals surface area contributed by atoms with E-state index < -0.39 is 11.7 Å². The average molecular weight is 719 g/mol. The molecule has 2 aromatic rings. The number of rotatable bonds is 13. The summed E-state index contributed by atoms with van der Waals surface area (Å²) in [5, 5.41) is 0.137. The first-order valence-electron chi connectivity index (χ1n) is 18.3. The first-order chi connectivity index (χ1) is 23.5. The highest BCUT2D eigenvalue weighted by molar-refractivity contribution is 8.13. The molecule has 0 aliphatic heterocycles. The van der Waals surface area contributed by atoms with Crippen molar-refractivity contribution in [2.75, 3.05) is 6.26 Å². The van der Waals surface area contributed by atoms with Gasteiger partial charge < -0.3 is 0 Å². The van der Waals surface area contributed by atoms with Crippen molar-refractivity contribution in [2.45, 2.75) is 140 Å². The van der Waals surface area contributed by atoms with Crippen molar-refractivity contribution in [1.82, 2.24) is 0 Å². The molecule has 6 heteroatoms. The normalized spacial score (nSPS) is 10.6. The fourth-order valence-corrected chi connectivity index (χ4v) is 4.95. The predicted octanol–water partition coefficient (Wildman–Crippen LogP) is 14.9. The predicted molar refractivity (Wildman–Crippen MR) is 216 cm³/mol. The summed E-state index contributed by atoms with van der Waals surface area (Å²) in [7, 11) is 0. The second-order valence-electron chi connectivity index (χ2n) is 12.9. The van der Waals surface area contributed by atoms with Crippen LogP contribution in [0.1, 0.15) is 148 Å².